The van der Waals surface area contributed by atoms with E-state index in [0.717, 1.165) is 0 Å². The van der Waals surface area contributed by atoms with Crippen LogP contribution in [0.5, 0.6) is 0 Å². The summed E-state index contributed by atoms with van der Waals surface area (Å²) in [6, 6.07) is 2.11. The van der Waals surface area contributed by atoms with Crippen molar-refractivity contribution >= 4 is 23.6 Å². The minimum atomic E-state index is -0.699. The molecule has 0 saturated carbocycles. The molecule has 17 heavy (non-hydrogen) atoms. The molecule has 0 aliphatic carbocycles. The molecule has 7 nitrogen and oxygen atoms in total. The fraction of sp³-hybridized carbons (Fsp3) is 0.444. The number of nitrogens with two attached hydrogens (primary N) is 1. The number of methoxy groups -OCH3 is 1. The maximum absolute atomic E-state index is 11.0. The van der Waals surface area contributed by atoms with Crippen molar-refractivity contribution in [2.45, 2.75) is 11.8 Å². The maximum Gasteiger partial charge on any atom is 0.433 e. The lowest BCUT2D eigenvalue weighted by Crippen LogP contribution is -2.33. The SMILES string of the molecule is COC(=O)C(N)CSCc1ccc([N+](=O)[O-])o1. The minimum absolute atomic E-state index is 0.294. The molecule has 1 aromatic rings. The number of carbonyl (C=O) groups is 1. The number of nitrogens with zero attached hydrogens (tertiary/aromatic N) is 1. The smallest absolute Gasteiger partial charge is 0.433 e. The van der Waals surface area contributed by atoms with E-state index in [1.165, 1.54) is 31.0 Å². The molecule has 0 aliphatic rings. The second-order valence-electron chi connectivity index (χ2n) is 3.14. The molecular formula is C9H12N2O5S. The summed E-state index contributed by atoms with van der Waals surface area (Å²) in [6.07, 6.45) is 0. The van der Waals surface area contributed by atoms with Gasteiger partial charge in [0.05, 0.1) is 18.9 Å². The molecule has 0 saturated heterocycles. The van der Waals surface area contributed by atoms with E-state index in [0.29, 0.717) is 17.3 Å². The second kappa shape index (κ2) is 6.26. The lowest BCUT2D eigenvalue weighted by molar-refractivity contribution is -0.402. The first-order valence-corrected chi connectivity index (χ1v) is 5.84. The van der Waals surface area contributed by atoms with Gasteiger partial charge in [0, 0.05) is 5.75 Å². The van der Waals surface area contributed by atoms with E-state index < -0.39 is 16.9 Å². The van der Waals surface area contributed by atoms with Crippen LogP contribution in [0, 0.1) is 10.1 Å². The van der Waals surface area contributed by atoms with Crippen molar-refractivity contribution in [1.82, 2.24) is 0 Å². The number of nitro groups is 1. The molecule has 0 aliphatic heterocycles. The lowest BCUT2D eigenvalue weighted by atomic mass is 10.4. The summed E-state index contributed by atoms with van der Waals surface area (Å²) >= 11 is 1.34. The number of hydrogen-bond acceptors (Lipinski definition) is 7. The van der Waals surface area contributed by atoms with Gasteiger partial charge in [0.2, 0.25) is 0 Å². The van der Waals surface area contributed by atoms with Gasteiger partial charge in [-0.15, -0.1) is 0 Å². The van der Waals surface area contributed by atoms with Crippen LogP contribution in [0.15, 0.2) is 16.5 Å². The quantitative estimate of drug-likeness (QED) is 0.460. The summed E-state index contributed by atoms with van der Waals surface area (Å²) in [5.41, 5.74) is 5.51. The van der Waals surface area contributed by atoms with Gasteiger partial charge < -0.3 is 14.9 Å². The third-order valence-corrected chi connectivity index (χ3v) is 2.96. The van der Waals surface area contributed by atoms with Crippen molar-refractivity contribution < 1.29 is 18.9 Å². The zero-order valence-corrected chi connectivity index (χ0v) is 9.94. The minimum Gasteiger partial charge on any atom is -0.468 e. The Balaban J connectivity index is 2.35. The fourth-order valence-electron chi connectivity index (χ4n) is 1.05. The Morgan fingerprint density at radius 3 is 2.94 bits per heavy atom. The van der Waals surface area contributed by atoms with E-state index in [-0.39, 0.29) is 5.88 Å². The van der Waals surface area contributed by atoms with Crippen LogP contribution in [0.2, 0.25) is 0 Å². The molecule has 2 N–H and O–H groups in total. The zero-order valence-electron chi connectivity index (χ0n) is 9.12. The standard InChI is InChI=1S/C9H12N2O5S/c1-15-9(12)7(10)5-17-4-6-2-3-8(16-6)11(13)14/h2-3,7H,4-5,10H2,1H3. The average molecular weight is 260 g/mol. The first-order valence-electron chi connectivity index (χ1n) is 4.69. The van der Waals surface area contributed by atoms with E-state index in [1.54, 1.807) is 0 Å². The van der Waals surface area contributed by atoms with E-state index in [2.05, 4.69) is 4.74 Å². The van der Waals surface area contributed by atoms with Gasteiger partial charge in [-0.3, -0.25) is 14.9 Å². The molecule has 1 unspecified atom stereocenters. The Bertz CT molecular complexity index is 406. The predicted octanol–water partition coefficient (Wildman–Crippen LogP) is 0.921. The van der Waals surface area contributed by atoms with E-state index in [9.17, 15) is 14.9 Å². The number of thioether (sulfide) groups is 1. The predicted molar refractivity (Wildman–Crippen MR) is 61.5 cm³/mol. The van der Waals surface area contributed by atoms with Crippen molar-refractivity contribution in [2.24, 2.45) is 5.73 Å². The van der Waals surface area contributed by atoms with Crippen LogP contribution in [-0.4, -0.2) is 29.8 Å². The van der Waals surface area contributed by atoms with Crippen LogP contribution in [0.1, 0.15) is 5.76 Å². The topological polar surface area (TPSA) is 109 Å². The van der Waals surface area contributed by atoms with Crippen LogP contribution in [0.25, 0.3) is 0 Å². The van der Waals surface area contributed by atoms with Crippen LogP contribution in [-0.2, 0) is 15.3 Å². The van der Waals surface area contributed by atoms with Crippen LogP contribution in [0.4, 0.5) is 5.88 Å². The number of ether oxygens (including phenoxy) is 1. The molecule has 1 aromatic heterocycles. The van der Waals surface area contributed by atoms with E-state index in [4.69, 9.17) is 10.2 Å². The van der Waals surface area contributed by atoms with Crippen molar-refractivity contribution in [3.8, 4) is 0 Å². The Morgan fingerprint density at radius 1 is 1.71 bits per heavy atom. The number of rotatable bonds is 6. The first kappa shape index (κ1) is 13.5. The lowest BCUT2D eigenvalue weighted by Gasteiger charge is -2.07. The third-order valence-electron chi connectivity index (χ3n) is 1.87. The summed E-state index contributed by atoms with van der Waals surface area (Å²) in [6.45, 7) is 0. The highest BCUT2D eigenvalue weighted by Gasteiger charge is 2.15. The number of furan rings is 1. The fourth-order valence-corrected chi connectivity index (χ4v) is 1.91. The summed E-state index contributed by atoms with van der Waals surface area (Å²) in [5.74, 6) is 0.472. The normalized spacial score (nSPS) is 12.1. The van der Waals surface area contributed by atoms with Gasteiger partial charge in [0.25, 0.3) is 0 Å². The van der Waals surface area contributed by atoms with Crippen LogP contribution >= 0.6 is 11.8 Å². The Morgan fingerprint density at radius 2 is 2.41 bits per heavy atom. The summed E-state index contributed by atoms with van der Waals surface area (Å²) in [7, 11) is 1.27. The van der Waals surface area contributed by atoms with Gasteiger partial charge in [0.1, 0.15) is 16.7 Å². The Labute approximate surface area is 101 Å². The Hall–Kier alpha value is -1.54. The highest BCUT2D eigenvalue weighted by atomic mass is 32.2. The highest BCUT2D eigenvalue weighted by Crippen LogP contribution is 2.20. The molecule has 0 radical (unpaired) electrons. The molecular weight excluding hydrogens is 248 g/mol. The summed E-state index contributed by atoms with van der Waals surface area (Å²) in [5, 5.41) is 10.3. The van der Waals surface area contributed by atoms with Gasteiger partial charge >= 0.3 is 11.9 Å². The van der Waals surface area contributed by atoms with E-state index in [1.807, 2.05) is 0 Å². The third kappa shape index (κ3) is 4.08. The number of esters is 1. The van der Waals surface area contributed by atoms with Crippen molar-refractivity contribution in [2.75, 3.05) is 12.9 Å². The second-order valence-corrected chi connectivity index (χ2v) is 4.17. The van der Waals surface area contributed by atoms with Gasteiger partial charge in [-0.25, -0.2) is 0 Å². The molecule has 1 heterocycles. The van der Waals surface area contributed by atoms with Gasteiger partial charge in [-0.1, -0.05) is 0 Å². The molecule has 0 amide bonds. The van der Waals surface area contributed by atoms with Crippen molar-refractivity contribution in [3.05, 3.63) is 28.0 Å². The highest BCUT2D eigenvalue weighted by molar-refractivity contribution is 7.98. The molecule has 8 heteroatoms. The Kier molecular flexibility index (Phi) is 4.98. The van der Waals surface area contributed by atoms with Gasteiger partial charge in [-0.2, -0.15) is 11.8 Å². The first-order chi connectivity index (χ1) is 8.04. The monoisotopic (exact) mass is 260 g/mol. The largest absolute Gasteiger partial charge is 0.468 e. The molecule has 0 bridgehead atoms. The summed E-state index contributed by atoms with van der Waals surface area (Å²) in [4.78, 5) is 20.7. The molecule has 0 fully saturated rings. The average Bonchev–Trinajstić information content (AvgIpc) is 2.76. The van der Waals surface area contributed by atoms with Gasteiger partial charge in [-0.05, 0) is 6.07 Å². The molecule has 0 spiro atoms. The molecule has 1 atom stereocenters. The number of carbonyl (C=O) groups excluding carboxylic acids is 1. The van der Waals surface area contributed by atoms with Crippen LogP contribution in [0.3, 0.4) is 0 Å². The zero-order chi connectivity index (χ0) is 12.8. The van der Waals surface area contributed by atoms with Gasteiger partial charge in [0.15, 0.2) is 0 Å². The summed E-state index contributed by atoms with van der Waals surface area (Å²) < 4.78 is 9.40. The number of hydrogen-bond donors (Lipinski definition) is 1. The molecule has 1 rings (SSSR count). The van der Waals surface area contributed by atoms with E-state index >= 15 is 0 Å². The van der Waals surface area contributed by atoms with Crippen molar-refractivity contribution in [3.63, 3.8) is 0 Å². The van der Waals surface area contributed by atoms with Crippen molar-refractivity contribution in [1.29, 1.82) is 0 Å². The molecule has 0 aromatic carbocycles. The van der Waals surface area contributed by atoms with Crippen LogP contribution < -0.4 is 5.73 Å². The maximum atomic E-state index is 11.0. The molecule has 94 valence electrons.